The van der Waals surface area contributed by atoms with Gasteiger partial charge in [-0.3, -0.25) is 4.79 Å². The van der Waals surface area contributed by atoms with E-state index in [-0.39, 0.29) is 11.4 Å². The van der Waals surface area contributed by atoms with Crippen LogP contribution in [0.3, 0.4) is 0 Å². The van der Waals surface area contributed by atoms with Crippen LogP contribution >= 0.6 is 0 Å². The number of ether oxygens (including phenoxy) is 1. The predicted molar refractivity (Wildman–Crippen MR) is 77.3 cm³/mol. The van der Waals surface area contributed by atoms with E-state index in [2.05, 4.69) is 5.32 Å². The fraction of sp³-hybridized carbons (Fsp3) is 0.562. The van der Waals surface area contributed by atoms with E-state index in [1.54, 1.807) is 0 Å². The Labute approximate surface area is 119 Å². The summed E-state index contributed by atoms with van der Waals surface area (Å²) in [7, 11) is 0. The molecule has 0 saturated heterocycles. The number of carbonyl (C=O) groups is 1. The number of rotatable bonds is 3. The summed E-state index contributed by atoms with van der Waals surface area (Å²) < 4.78 is 5.37. The maximum absolute atomic E-state index is 12.2. The zero-order chi connectivity index (χ0) is 14.0. The molecule has 0 aromatic heterocycles. The molecule has 0 bridgehead atoms. The lowest BCUT2D eigenvalue weighted by Crippen LogP contribution is -2.51. The van der Waals surface area contributed by atoms with Crippen molar-refractivity contribution in [2.75, 3.05) is 6.54 Å². The van der Waals surface area contributed by atoms with Gasteiger partial charge >= 0.3 is 0 Å². The van der Waals surface area contributed by atoms with Gasteiger partial charge in [0.2, 0.25) is 0 Å². The molecular weight excluding hydrogens is 252 g/mol. The first kappa shape index (κ1) is 13.6. The molecular formula is C16H22N2O2. The molecule has 3 rings (SSSR count). The van der Waals surface area contributed by atoms with Crippen LogP contribution in [0.15, 0.2) is 18.2 Å². The number of hydrogen-bond acceptors (Lipinski definition) is 3. The Morgan fingerprint density at radius 3 is 2.75 bits per heavy atom. The summed E-state index contributed by atoms with van der Waals surface area (Å²) in [5.41, 5.74) is 9.14. The molecule has 20 heavy (non-hydrogen) atoms. The first-order valence-corrected chi connectivity index (χ1v) is 7.43. The van der Waals surface area contributed by atoms with Crippen LogP contribution in [0.4, 0.5) is 0 Å². The van der Waals surface area contributed by atoms with Crippen molar-refractivity contribution in [3.8, 4) is 0 Å². The lowest BCUT2D eigenvalue weighted by Gasteiger charge is -2.33. The van der Waals surface area contributed by atoms with E-state index in [0.717, 1.165) is 18.4 Å². The first-order valence-electron chi connectivity index (χ1n) is 7.43. The van der Waals surface area contributed by atoms with Gasteiger partial charge in [0.05, 0.1) is 13.2 Å². The lowest BCUT2D eigenvalue weighted by molar-refractivity contribution is 0.0937. The Kier molecular flexibility index (Phi) is 3.76. The number of amides is 1. The van der Waals surface area contributed by atoms with E-state index in [4.69, 9.17) is 10.5 Å². The quantitative estimate of drug-likeness (QED) is 0.887. The minimum atomic E-state index is -0.215. The van der Waals surface area contributed by atoms with Gasteiger partial charge in [-0.1, -0.05) is 25.3 Å². The van der Waals surface area contributed by atoms with Gasteiger partial charge in [-0.2, -0.15) is 0 Å². The van der Waals surface area contributed by atoms with Crippen LogP contribution in [0.2, 0.25) is 0 Å². The summed E-state index contributed by atoms with van der Waals surface area (Å²) >= 11 is 0. The number of benzene rings is 1. The molecule has 108 valence electrons. The highest BCUT2D eigenvalue weighted by Crippen LogP contribution is 2.25. The lowest BCUT2D eigenvalue weighted by atomic mass is 9.82. The second kappa shape index (κ2) is 5.54. The molecule has 1 fully saturated rings. The molecule has 0 radical (unpaired) electrons. The Bertz CT molecular complexity index is 507. The van der Waals surface area contributed by atoms with Crippen LogP contribution in [0.5, 0.6) is 0 Å². The maximum atomic E-state index is 12.2. The average molecular weight is 274 g/mol. The molecule has 1 amide bonds. The molecule has 0 atom stereocenters. The van der Waals surface area contributed by atoms with Gasteiger partial charge in [0.1, 0.15) is 0 Å². The summed E-state index contributed by atoms with van der Waals surface area (Å²) in [6.45, 7) is 1.83. The van der Waals surface area contributed by atoms with Crippen molar-refractivity contribution in [1.29, 1.82) is 0 Å². The van der Waals surface area contributed by atoms with E-state index in [1.807, 2.05) is 18.2 Å². The molecule has 1 aliphatic heterocycles. The van der Waals surface area contributed by atoms with Gasteiger partial charge in [-0.15, -0.1) is 0 Å². The Hall–Kier alpha value is -1.39. The summed E-state index contributed by atoms with van der Waals surface area (Å²) in [6.07, 6.45) is 5.61. The topological polar surface area (TPSA) is 64.3 Å². The molecule has 4 heteroatoms. The standard InChI is InChI=1S/C16H22N2O2/c17-16(6-2-1-3-7-16)11-18-15(19)12-4-5-13-9-20-10-14(13)8-12/h4-5,8H,1-3,6-7,9-11,17H2,(H,18,19). The molecule has 0 spiro atoms. The first-order chi connectivity index (χ1) is 9.66. The van der Waals surface area contributed by atoms with E-state index in [9.17, 15) is 4.79 Å². The van der Waals surface area contributed by atoms with Gasteiger partial charge in [0.15, 0.2) is 0 Å². The molecule has 3 N–H and O–H groups in total. The third kappa shape index (κ3) is 2.86. The second-order valence-electron chi connectivity index (χ2n) is 6.08. The van der Waals surface area contributed by atoms with Crippen LogP contribution in [-0.2, 0) is 18.0 Å². The van der Waals surface area contributed by atoms with Gasteiger partial charge in [-0.25, -0.2) is 0 Å². The molecule has 4 nitrogen and oxygen atoms in total. The van der Waals surface area contributed by atoms with Crippen LogP contribution in [0.1, 0.15) is 53.6 Å². The normalized spacial score (nSPS) is 20.4. The molecule has 1 heterocycles. The summed E-state index contributed by atoms with van der Waals surface area (Å²) in [6, 6.07) is 5.78. The van der Waals surface area contributed by atoms with Crippen molar-refractivity contribution in [2.45, 2.75) is 50.9 Å². The summed E-state index contributed by atoms with van der Waals surface area (Å²) in [5.74, 6) is -0.0323. The number of nitrogens with one attached hydrogen (secondary N) is 1. The van der Waals surface area contributed by atoms with Crippen LogP contribution in [0.25, 0.3) is 0 Å². The van der Waals surface area contributed by atoms with E-state index < -0.39 is 0 Å². The number of hydrogen-bond donors (Lipinski definition) is 2. The predicted octanol–water partition coefficient (Wildman–Crippen LogP) is 2.11. The minimum Gasteiger partial charge on any atom is -0.372 e. The second-order valence-corrected chi connectivity index (χ2v) is 6.08. The van der Waals surface area contributed by atoms with Gasteiger partial charge < -0.3 is 15.8 Å². The van der Waals surface area contributed by atoms with Gasteiger partial charge in [-0.05, 0) is 36.1 Å². The number of carbonyl (C=O) groups excluding carboxylic acids is 1. The van der Waals surface area contributed by atoms with Crippen molar-refractivity contribution in [2.24, 2.45) is 5.73 Å². The Balaban J connectivity index is 1.61. The molecule has 1 aliphatic carbocycles. The Morgan fingerprint density at radius 1 is 1.20 bits per heavy atom. The van der Waals surface area contributed by atoms with Crippen molar-refractivity contribution in [3.05, 3.63) is 34.9 Å². The number of nitrogens with two attached hydrogens (primary N) is 1. The minimum absolute atomic E-state index is 0.0323. The largest absolute Gasteiger partial charge is 0.372 e. The maximum Gasteiger partial charge on any atom is 0.251 e. The fourth-order valence-electron chi connectivity index (χ4n) is 3.10. The highest BCUT2D eigenvalue weighted by Gasteiger charge is 2.28. The zero-order valence-electron chi connectivity index (χ0n) is 11.8. The molecule has 1 saturated carbocycles. The van der Waals surface area contributed by atoms with Crippen molar-refractivity contribution >= 4 is 5.91 Å². The van der Waals surface area contributed by atoms with E-state index >= 15 is 0 Å². The monoisotopic (exact) mass is 274 g/mol. The summed E-state index contributed by atoms with van der Waals surface area (Å²) in [5, 5.41) is 3.00. The summed E-state index contributed by atoms with van der Waals surface area (Å²) in [4.78, 5) is 12.2. The van der Waals surface area contributed by atoms with Crippen LogP contribution in [0, 0.1) is 0 Å². The Morgan fingerprint density at radius 2 is 1.95 bits per heavy atom. The van der Waals surface area contributed by atoms with E-state index in [0.29, 0.717) is 25.3 Å². The van der Waals surface area contributed by atoms with Crippen LogP contribution < -0.4 is 11.1 Å². The van der Waals surface area contributed by atoms with Crippen molar-refractivity contribution < 1.29 is 9.53 Å². The highest BCUT2D eigenvalue weighted by molar-refractivity contribution is 5.94. The third-order valence-electron chi connectivity index (χ3n) is 4.43. The molecule has 1 aromatic rings. The van der Waals surface area contributed by atoms with E-state index in [1.165, 1.54) is 24.8 Å². The molecule has 2 aliphatic rings. The third-order valence-corrected chi connectivity index (χ3v) is 4.43. The number of fused-ring (bicyclic) bond motifs is 1. The van der Waals surface area contributed by atoms with Gasteiger partial charge in [0, 0.05) is 17.6 Å². The van der Waals surface area contributed by atoms with Gasteiger partial charge in [0.25, 0.3) is 5.91 Å². The fourth-order valence-corrected chi connectivity index (χ4v) is 3.10. The highest BCUT2D eigenvalue weighted by atomic mass is 16.5. The smallest absolute Gasteiger partial charge is 0.251 e. The zero-order valence-corrected chi connectivity index (χ0v) is 11.8. The molecule has 0 unspecified atom stereocenters. The average Bonchev–Trinajstić information content (AvgIpc) is 2.93. The molecule has 1 aromatic carbocycles. The van der Waals surface area contributed by atoms with Crippen LogP contribution in [-0.4, -0.2) is 18.0 Å². The SMILES string of the molecule is NC1(CNC(=O)c2ccc3c(c2)COC3)CCCCC1. The van der Waals surface area contributed by atoms with Crippen molar-refractivity contribution in [1.82, 2.24) is 5.32 Å². The van der Waals surface area contributed by atoms with Crippen molar-refractivity contribution in [3.63, 3.8) is 0 Å².